The summed E-state index contributed by atoms with van der Waals surface area (Å²) >= 11 is 0. The first-order chi connectivity index (χ1) is 10.0. The molecule has 0 aliphatic heterocycles. The Morgan fingerprint density at radius 3 is 2.00 bits per heavy atom. The molecule has 0 aliphatic carbocycles. The van der Waals surface area contributed by atoms with Crippen LogP contribution >= 0.6 is 0 Å². The van der Waals surface area contributed by atoms with Gasteiger partial charge in [-0.05, 0) is 17.7 Å². The highest BCUT2D eigenvalue weighted by Crippen LogP contribution is 2.34. The first-order valence-electron chi connectivity index (χ1n) is 6.10. The number of alkyl halides is 3. The van der Waals surface area contributed by atoms with Crippen molar-refractivity contribution >= 4 is 20.9 Å². The van der Waals surface area contributed by atoms with Gasteiger partial charge in [0.2, 0.25) is 0 Å². The average Bonchev–Trinajstić information content (AvgIpc) is 2.38. The zero-order chi connectivity index (χ0) is 16.7. The summed E-state index contributed by atoms with van der Waals surface area (Å²) in [5.74, 6) is -1.13. The zero-order valence-electron chi connectivity index (χ0n) is 11.2. The summed E-state index contributed by atoms with van der Waals surface area (Å²) in [7, 11) is -3.71. The van der Waals surface area contributed by atoms with Crippen LogP contribution in [-0.4, -0.2) is 24.1 Å². The van der Waals surface area contributed by atoms with Gasteiger partial charge >= 0.3 is 17.3 Å². The Morgan fingerprint density at radius 1 is 1.05 bits per heavy atom. The first kappa shape index (κ1) is 16.3. The molecular weight excluding hydrogens is 325 g/mol. The van der Waals surface area contributed by atoms with Crippen molar-refractivity contribution < 1.29 is 21.6 Å². The standard InChI is InChI=1S/C12H11F3N2O4S/c1-2-22(20,21)5-6-3-8-9(4-7(6)12(13,14)15)17-11(19)10(18)16-8/h3-4H,2,5H2,1H3,(H,16,18)(H,17,19). The van der Waals surface area contributed by atoms with Crippen molar-refractivity contribution in [3.8, 4) is 0 Å². The lowest BCUT2D eigenvalue weighted by molar-refractivity contribution is -0.138. The number of aromatic nitrogens is 2. The number of hydrogen-bond acceptors (Lipinski definition) is 4. The number of H-pyrrole nitrogens is 2. The Kier molecular flexibility index (Phi) is 3.90. The van der Waals surface area contributed by atoms with Crippen molar-refractivity contribution in [2.45, 2.75) is 18.9 Å². The lowest BCUT2D eigenvalue weighted by Crippen LogP contribution is -2.29. The second-order valence-electron chi connectivity index (χ2n) is 4.64. The Bertz CT molecular complexity index is 941. The minimum absolute atomic E-state index is 0.0705. The molecule has 1 heterocycles. The van der Waals surface area contributed by atoms with Gasteiger partial charge < -0.3 is 9.97 Å². The van der Waals surface area contributed by atoms with Crippen molar-refractivity contribution in [2.24, 2.45) is 0 Å². The van der Waals surface area contributed by atoms with E-state index >= 15 is 0 Å². The van der Waals surface area contributed by atoms with Crippen LogP contribution in [0.15, 0.2) is 21.7 Å². The van der Waals surface area contributed by atoms with Crippen LogP contribution in [0.1, 0.15) is 18.1 Å². The summed E-state index contributed by atoms with van der Waals surface area (Å²) < 4.78 is 62.4. The Hall–Kier alpha value is -2.10. The number of aromatic amines is 2. The van der Waals surface area contributed by atoms with Gasteiger partial charge in [-0.1, -0.05) is 6.92 Å². The molecule has 22 heavy (non-hydrogen) atoms. The van der Waals surface area contributed by atoms with Crippen LogP contribution < -0.4 is 11.1 Å². The molecule has 0 atom stereocenters. The molecule has 0 bridgehead atoms. The van der Waals surface area contributed by atoms with E-state index < -0.39 is 44.0 Å². The van der Waals surface area contributed by atoms with Crippen LogP contribution in [-0.2, 0) is 21.8 Å². The number of benzene rings is 1. The van der Waals surface area contributed by atoms with Crippen molar-refractivity contribution in [3.05, 3.63) is 44.0 Å². The first-order valence-corrected chi connectivity index (χ1v) is 7.92. The molecular formula is C12H11F3N2O4S. The smallest absolute Gasteiger partial charge is 0.316 e. The lowest BCUT2D eigenvalue weighted by Gasteiger charge is -2.14. The van der Waals surface area contributed by atoms with Gasteiger partial charge in [0, 0.05) is 5.75 Å². The summed E-state index contributed by atoms with van der Waals surface area (Å²) in [5.41, 5.74) is -4.07. The summed E-state index contributed by atoms with van der Waals surface area (Å²) in [6, 6.07) is 1.54. The second-order valence-corrected chi connectivity index (χ2v) is 6.99. The van der Waals surface area contributed by atoms with Crippen molar-refractivity contribution in [3.63, 3.8) is 0 Å². The van der Waals surface area contributed by atoms with Gasteiger partial charge in [-0.25, -0.2) is 8.42 Å². The Labute approximate surface area is 121 Å². The Balaban J connectivity index is 2.80. The molecule has 0 unspecified atom stereocenters. The predicted octanol–water partition coefficient (Wildman–Crippen LogP) is 1.17. The van der Waals surface area contributed by atoms with Crippen molar-refractivity contribution in [1.82, 2.24) is 9.97 Å². The highest BCUT2D eigenvalue weighted by molar-refractivity contribution is 7.90. The summed E-state index contributed by atoms with van der Waals surface area (Å²) in [6.45, 7) is 1.32. The van der Waals surface area contributed by atoms with Crippen LogP contribution in [0.4, 0.5) is 13.2 Å². The van der Waals surface area contributed by atoms with Crippen LogP contribution in [0.5, 0.6) is 0 Å². The van der Waals surface area contributed by atoms with E-state index in [-0.39, 0.29) is 16.8 Å². The second kappa shape index (κ2) is 5.27. The fourth-order valence-corrected chi connectivity index (χ4v) is 2.85. The number of fused-ring (bicyclic) bond motifs is 1. The minimum atomic E-state index is -4.79. The largest absolute Gasteiger partial charge is 0.416 e. The summed E-state index contributed by atoms with van der Waals surface area (Å²) in [6.07, 6.45) is -4.79. The van der Waals surface area contributed by atoms with E-state index in [1.165, 1.54) is 6.92 Å². The van der Waals surface area contributed by atoms with Crippen LogP contribution in [0.2, 0.25) is 0 Å². The molecule has 2 rings (SSSR count). The number of rotatable bonds is 3. The molecule has 10 heteroatoms. The van der Waals surface area contributed by atoms with E-state index in [0.717, 1.165) is 6.07 Å². The van der Waals surface area contributed by atoms with Gasteiger partial charge in [-0.2, -0.15) is 13.2 Å². The molecule has 6 nitrogen and oxygen atoms in total. The number of halogens is 3. The molecule has 120 valence electrons. The fraction of sp³-hybridized carbons (Fsp3) is 0.333. The van der Waals surface area contributed by atoms with E-state index in [4.69, 9.17) is 0 Å². The Morgan fingerprint density at radius 2 is 1.55 bits per heavy atom. The van der Waals surface area contributed by atoms with E-state index in [1.807, 2.05) is 4.98 Å². The van der Waals surface area contributed by atoms with Crippen LogP contribution in [0, 0.1) is 0 Å². The normalized spacial score (nSPS) is 12.7. The van der Waals surface area contributed by atoms with Gasteiger partial charge in [0.15, 0.2) is 9.84 Å². The maximum Gasteiger partial charge on any atom is 0.416 e. The molecule has 1 aromatic heterocycles. The van der Waals surface area contributed by atoms with Crippen LogP contribution in [0.25, 0.3) is 11.0 Å². The SMILES string of the molecule is CCS(=O)(=O)Cc1cc2[nH]c(=O)c(=O)[nH]c2cc1C(F)(F)F. The third-order valence-corrected chi connectivity index (χ3v) is 4.70. The monoisotopic (exact) mass is 336 g/mol. The predicted molar refractivity (Wildman–Crippen MR) is 73.4 cm³/mol. The van der Waals surface area contributed by atoms with Crippen molar-refractivity contribution in [1.29, 1.82) is 0 Å². The quantitative estimate of drug-likeness (QED) is 0.822. The van der Waals surface area contributed by atoms with E-state index in [1.54, 1.807) is 0 Å². The molecule has 2 aromatic rings. The third kappa shape index (κ3) is 3.21. The summed E-state index contributed by atoms with van der Waals surface area (Å²) in [4.78, 5) is 26.6. The van der Waals surface area contributed by atoms with Gasteiger partial charge in [-0.3, -0.25) is 9.59 Å². The van der Waals surface area contributed by atoms with Gasteiger partial charge in [0.1, 0.15) is 0 Å². The van der Waals surface area contributed by atoms with Gasteiger partial charge in [0.25, 0.3) is 0 Å². The topological polar surface area (TPSA) is 99.9 Å². The highest BCUT2D eigenvalue weighted by atomic mass is 32.2. The third-order valence-electron chi connectivity index (χ3n) is 3.07. The lowest BCUT2D eigenvalue weighted by atomic mass is 10.1. The van der Waals surface area contributed by atoms with E-state index in [0.29, 0.717) is 6.07 Å². The molecule has 0 aliphatic rings. The highest BCUT2D eigenvalue weighted by Gasteiger charge is 2.34. The fourth-order valence-electron chi connectivity index (χ4n) is 1.93. The average molecular weight is 336 g/mol. The molecule has 0 fully saturated rings. The van der Waals surface area contributed by atoms with Gasteiger partial charge in [0.05, 0.1) is 22.3 Å². The maximum atomic E-state index is 13.1. The molecule has 2 N–H and O–H groups in total. The molecule has 1 aromatic carbocycles. The number of hydrogen-bond donors (Lipinski definition) is 2. The molecule has 0 radical (unpaired) electrons. The van der Waals surface area contributed by atoms with Crippen molar-refractivity contribution in [2.75, 3.05) is 5.75 Å². The van der Waals surface area contributed by atoms with E-state index in [2.05, 4.69) is 4.98 Å². The van der Waals surface area contributed by atoms with Crippen LogP contribution in [0.3, 0.4) is 0 Å². The van der Waals surface area contributed by atoms with Gasteiger partial charge in [-0.15, -0.1) is 0 Å². The number of sulfone groups is 1. The van der Waals surface area contributed by atoms with E-state index in [9.17, 15) is 31.2 Å². The minimum Gasteiger partial charge on any atom is -0.316 e. The number of nitrogens with one attached hydrogen (secondary N) is 2. The maximum absolute atomic E-state index is 13.1. The summed E-state index contributed by atoms with van der Waals surface area (Å²) in [5, 5.41) is 0. The molecule has 0 saturated carbocycles. The molecule has 0 amide bonds. The molecule has 0 saturated heterocycles. The zero-order valence-corrected chi connectivity index (χ0v) is 12.1. The molecule has 0 spiro atoms.